The van der Waals surface area contributed by atoms with Gasteiger partial charge in [-0.2, -0.15) is 0 Å². The van der Waals surface area contributed by atoms with E-state index < -0.39 is 11.5 Å². The third-order valence-corrected chi connectivity index (χ3v) is 21.0. The largest absolute Gasteiger partial charge is 0.0869 e. The molecule has 0 fully saturated rings. The van der Waals surface area contributed by atoms with E-state index in [9.17, 15) is 0 Å². The van der Waals surface area contributed by atoms with Crippen molar-refractivity contribution in [1.29, 1.82) is 0 Å². The summed E-state index contributed by atoms with van der Waals surface area (Å²) in [6.07, 6.45) is 0. The molecule has 2 rings (SSSR count). The first-order valence-corrected chi connectivity index (χ1v) is 12.9. The Kier molecular flexibility index (Phi) is 4.24. The Balaban J connectivity index is 2.55. The highest BCUT2D eigenvalue weighted by molar-refractivity contribution is 8.70. The van der Waals surface area contributed by atoms with Crippen LogP contribution in [0.5, 0.6) is 0 Å². The molecule has 0 aliphatic heterocycles. The summed E-state index contributed by atoms with van der Waals surface area (Å²) in [5.41, 5.74) is -3.42. The minimum atomic E-state index is -1.71. The van der Waals surface area contributed by atoms with Gasteiger partial charge in [-0.15, -0.1) is 0 Å². The quantitative estimate of drug-likeness (QED) is 0.792. The Hall–Kier alpha value is -0.260. The van der Waals surface area contributed by atoms with Gasteiger partial charge in [-0.3, -0.25) is 0 Å². The maximum Gasteiger partial charge on any atom is 0.0148 e. The molecule has 2 aromatic carbocycles. The van der Waals surface area contributed by atoms with E-state index in [1.54, 1.807) is 0 Å². The van der Waals surface area contributed by atoms with Crippen molar-refractivity contribution in [2.45, 2.75) is 0 Å². The lowest BCUT2D eigenvalue weighted by atomic mass is 10.4. The van der Waals surface area contributed by atoms with Crippen LogP contribution in [-0.2, 0) is 23.6 Å². The van der Waals surface area contributed by atoms with E-state index in [-0.39, 0.29) is 0 Å². The summed E-state index contributed by atoms with van der Waals surface area (Å²) >= 11 is 12.0. The van der Waals surface area contributed by atoms with Crippen molar-refractivity contribution in [2.24, 2.45) is 0 Å². The first kappa shape index (κ1) is 14.2. The monoisotopic (exact) mass is 310 g/mol. The molecule has 4 heteroatoms. The Morgan fingerprint density at radius 1 is 0.611 bits per heavy atom. The average Bonchev–Trinajstić information content (AvgIpc) is 2.40. The maximum absolute atomic E-state index is 5.98. The highest BCUT2D eigenvalue weighted by Gasteiger charge is 2.29. The van der Waals surface area contributed by atoms with Gasteiger partial charge in [0.2, 0.25) is 0 Å². The zero-order chi connectivity index (χ0) is 13.2. The van der Waals surface area contributed by atoms with Crippen LogP contribution in [-0.4, -0.2) is 13.3 Å². The minimum absolute atomic E-state index is 1.26. The standard InChI is InChI=1S/C14H16P2S2/c1-15(17,13-9-5-3-6-10-13)16(2,18)14-11-7-4-8-12-14/h3-12H,1-2H3/t15-,16+. The van der Waals surface area contributed by atoms with Crippen LogP contribution in [0.4, 0.5) is 0 Å². The molecule has 0 aliphatic carbocycles. The predicted molar refractivity (Wildman–Crippen MR) is 92.6 cm³/mol. The summed E-state index contributed by atoms with van der Waals surface area (Å²) in [4.78, 5) is 0. The van der Waals surface area contributed by atoms with Gasteiger partial charge in [-0.25, -0.2) is 0 Å². The molecule has 94 valence electrons. The Bertz CT molecular complexity index is 563. The third-order valence-electron chi connectivity index (χ3n) is 3.20. The first-order chi connectivity index (χ1) is 8.46. The fourth-order valence-corrected chi connectivity index (χ4v) is 10.1. The van der Waals surface area contributed by atoms with E-state index in [1.807, 2.05) is 12.1 Å². The summed E-state index contributed by atoms with van der Waals surface area (Å²) in [5.74, 6) is 0. The number of hydrogen-bond acceptors (Lipinski definition) is 2. The second kappa shape index (κ2) is 5.39. The molecule has 0 bridgehead atoms. The van der Waals surface area contributed by atoms with Gasteiger partial charge in [-0.05, 0) is 23.9 Å². The van der Waals surface area contributed by atoms with Crippen molar-refractivity contribution < 1.29 is 0 Å². The molecular weight excluding hydrogens is 294 g/mol. The first-order valence-electron chi connectivity index (χ1n) is 5.73. The lowest BCUT2D eigenvalue weighted by Gasteiger charge is -2.29. The number of hydrogen-bond donors (Lipinski definition) is 0. The Morgan fingerprint density at radius 2 is 0.889 bits per heavy atom. The molecule has 0 saturated carbocycles. The highest BCUT2D eigenvalue weighted by Crippen LogP contribution is 2.76. The van der Waals surface area contributed by atoms with E-state index in [0.29, 0.717) is 0 Å². The van der Waals surface area contributed by atoms with Crippen LogP contribution >= 0.6 is 11.5 Å². The van der Waals surface area contributed by atoms with Gasteiger partial charge in [-0.1, -0.05) is 84.3 Å². The average molecular weight is 310 g/mol. The van der Waals surface area contributed by atoms with E-state index in [0.717, 1.165) is 0 Å². The van der Waals surface area contributed by atoms with Crippen LogP contribution < -0.4 is 10.6 Å². The van der Waals surface area contributed by atoms with E-state index in [1.165, 1.54) is 10.6 Å². The lowest BCUT2D eigenvalue weighted by molar-refractivity contribution is 1.77. The summed E-state index contributed by atoms with van der Waals surface area (Å²) < 4.78 is 0. The fraction of sp³-hybridized carbons (Fsp3) is 0.143. The molecule has 18 heavy (non-hydrogen) atoms. The van der Waals surface area contributed by atoms with Gasteiger partial charge >= 0.3 is 0 Å². The number of benzene rings is 2. The highest BCUT2D eigenvalue weighted by atomic mass is 32.8. The molecule has 0 heterocycles. The van der Waals surface area contributed by atoms with Crippen LogP contribution in [0.25, 0.3) is 0 Å². The third kappa shape index (κ3) is 2.53. The van der Waals surface area contributed by atoms with Crippen molar-refractivity contribution in [3.05, 3.63) is 60.7 Å². The zero-order valence-corrected chi connectivity index (χ0v) is 13.9. The van der Waals surface area contributed by atoms with Crippen molar-refractivity contribution in [3.63, 3.8) is 0 Å². The summed E-state index contributed by atoms with van der Waals surface area (Å²) in [6.45, 7) is 4.40. The van der Waals surface area contributed by atoms with E-state index in [4.69, 9.17) is 23.6 Å². The molecule has 0 aliphatic rings. The molecule has 0 radical (unpaired) electrons. The van der Waals surface area contributed by atoms with Crippen LogP contribution in [0.2, 0.25) is 0 Å². The molecular formula is C14H16P2S2. The van der Waals surface area contributed by atoms with Gasteiger partial charge in [0.25, 0.3) is 0 Å². The molecule has 0 N–H and O–H groups in total. The zero-order valence-electron chi connectivity index (χ0n) is 10.5. The Labute approximate surface area is 119 Å². The van der Waals surface area contributed by atoms with E-state index >= 15 is 0 Å². The molecule has 0 saturated heterocycles. The maximum atomic E-state index is 5.98. The van der Waals surface area contributed by atoms with Gasteiger partial charge in [0, 0.05) is 11.5 Å². The minimum Gasteiger partial charge on any atom is -0.0869 e. The van der Waals surface area contributed by atoms with Gasteiger partial charge in [0.15, 0.2) is 0 Å². The van der Waals surface area contributed by atoms with Crippen molar-refractivity contribution in [1.82, 2.24) is 0 Å². The molecule has 2 aromatic rings. The molecule has 0 aromatic heterocycles. The van der Waals surface area contributed by atoms with Crippen LogP contribution in [0.3, 0.4) is 0 Å². The van der Waals surface area contributed by atoms with Crippen molar-refractivity contribution in [3.8, 4) is 0 Å². The fourth-order valence-electron chi connectivity index (χ4n) is 1.85. The normalized spacial score (nSPS) is 17.7. The number of rotatable bonds is 3. The summed E-state index contributed by atoms with van der Waals surface area (Å²) in [7, 11) is 0. The van der Waals surface area contributed by atoms with E-state index in [2.05, 4.69) is 61.9 Å². The molecule has 0 unspecified atom stereocenters. The second-order valence-corrected chi connectivity index (χ2v) is 19.8. The molecule has 2 atom stereocenters. The lowest BCUT2D eigenvalue weighted by Crippen LogP contribution is -2.10. The van der Waals surface area contributed by atoms with Gasteiger partial charge < -0.3 is 0 Å². The van der Waals surface area contributed by atoms with Crippen LogP contribution in [0, 0.1) is 0 Å². The predicted octanol–water partition coefficient (Wildman–Crippen LogP) is 3.77. The van der Waals surface area contributed by atoms with Gasteiger partial charge in [0.05, 0.1) is 0 Å². The van der Waals surface area contributed by atoms with Crippen molar-refractivity contribution >= 4 is 45.7 Å². The van der Waals surface area contributed by atoms with Crippen LogP contribution in [0.1, 0.15) is 0 Å². The second-order valence-electron chi connectivity index (χ2n) is 4.43. The summed E-state index contributed by atoms with van der Waals surface area (Å²) in [6, 6.07) is 20.8. The smallest absolute Gasteiger partial charge is 0.0148 e. The van der Waals surface area contributed by atoms with Crippen molar-refractivity contribution in [2.75, 3.05) is 13.3 Å². The van der Waals surface area contributed by atoms with Crippen LogP contribution in [0.15, 0.2) is 60.7 Å². The Morgan fingerprint density at radius 3 is 1.17 bits per heavy atom. The topological polar surface area (TPSA) is 0 Å². The molecule has 0 spiro atoms. The molecule has 0 amide bonds. The van der Waals surface area contributed by atoms with Gasteiger partial charge in [0.1, 0.15) is 0 Å². The molecule has 0 nitrogen and oxygen atoms in total. The SMILES string of the molecule is C[P@](=S)(c1ccccc1)[P@](C)(=S)c1ccccc1. The summed E-state index contributed by atoms with van der Waals surface area (Å²) in [5, 5.41) is 2.52.